The van der Waals surface area contributed by atoms with E-state index in [9.17, 15) is 9.59 Å². The van der Waals surface area contributed by atoms with E-state index in [1.54, 1.807) is 41.8 Å². The van der Waals surface area contributed by atoms with Gasteiger partial charge in [0.25, 0.3) is 0 Å². The number of hydrogen-bond acceptors (Lipinski definition) is 5. The second-order valence-electron chi connectivity index (χ2n) is 5.43. The van der Waals surface area contributed by atoms with Crippen LogP contribution in [-0.2, 0) is 4.79 Å². The number of Topliss-reactive ketones (excluding diaryl/α,β-unsaturated/α-hetero) is 1. The standard InChI is InChI=1S/C17H21N3O2S/c1-12(17-18-9-11-23-17)20(3)10-8-16(22)19-15-7-5-4-6-14(15)13(2)21/h4-7,9,11-12H,8,10H2,1-3H3,(H,19,22)/t12-/m0/s1. The van der Waals surface area contributed by atoms with Crippen molar-refractivity contribution in [3.8, 4) is 0 Å². The van der Waals surface area contributed by atoms with E-state index in [0.29, 0.717) is 24.2 Å². The average Bonchev–Trinajstić information content (AvgIpc) is 3.06. The Morgan fingerprint density at radius 1 is 1.35 bits per heavy atom. The van der Waals surface area contributed by atoms with Gasteiger partial charge >= 0.3 is 0 Å². The van der Waals surface area contributed by atoms with Crippen LogP contribution in [0.4, 0.5) is 5.69 Å². The van der Waals surface area contributed by atoms with Crippen molar-refractivity contribution < 1.29 is 9.59 Å². The van der Waals surface area contributed by atoms with E-state index in [1.807, 2.05) is 12.4 Å². The molecule has 23 heavy (non-hydrogen) atoms. The summed E-state index contributed by atoms with van der Waals surface area (Å²) in [7, 11) is 1.98. The Morgan fingerprint density at radius 3 is 2.74 bits per heavy atom. The van der Waals surface area contributed by atoms with Crippen LogP contribution in [0.25, 0.3) is 0 Å². The SMILES string of the molecule is CC(=O)c1ccccc1NC(=O)CCN(C)[C@@H](C)c1nccs1. The van der Waals surface area contributed by atoms with Crippen molar-refractivity contribution in [2.45, 2.75) is 26.3 Å². The third kappa shape index (κ3) is 4.71. The second kappa shape index (κ2) is 7.99. The van der Waals surface area contributed by atoms with Crippen LogP contribution in [0.2, 0.25) is 0 Å². The lowest BCUT2D eigenvalue weighted by Gasteiger charge is -2.22. The predicted molar refractivity (Wildman–Crippen MR) is 92.9 cm³/mol. The maximum absolute atomic E-state index is 12.1. The number of anilines is 1. The zero-order valence-electron chi connectivity index (χ0n) is 13.6. The molecule has 2 aromatic rings. The Morgan fingerprint density at radius 2 is 2.09 bits per heavy atom. The van der Waals surface area contributed by atoms with Gasteiger partial charge in [0, 0.05) is 30.1 Å². The van der Waals surface area contributed by atoms with Crippen molar-refractivity contribution in [1.82, 2.24) is 9.88 Å². The third-order valence-corrected chi connectivity index (χ3v) is 4.69. The van der Waals surface area contributed by atoms with Crippen molar-refractivity contribution in [2.75, 3.05) is 18.9 Å². The number of hydrogen-bond donors (Lipinski definition) is 1. The molecule has 0 fully saturated rings. The maximum atomic E-state index is 12.1. The topological polar surface area (TPSA) is 62.3 Å². The molecule has 0 bridgehead atoms. The third-order valence-electron chi connectivity index (χ3n) is 3.74. The number of carbonyl (C=O) groups is 2. The number of thiazole rings is 1. The highest BCUT2D eigenvalue weighted by Crippen LogP contribution is 2.21. The molecular formula is C17H21N3O2S. The molecule has 0 radical (unpaired) electrons. The monoisotopic (exact) mass is 331 g/mol. The molecule has 6 heteroatoms. The van der Waals surface area contributed by atoms with Crippen molar-refractivity contribution in [3.05, 3.63) is 46.4 Å². The molecule has 1 heterocycles. The van der Waals surface area contributed by atoms with Crippen molar-refractivity contribution in [3.63, 3.8) is 0 Å². The van der Waals surface area contributed by atoms with Crippen molar-refractivity contribution in [1.29, 1.82) is 0 Å². The summed E-state index contributed by atoms with van der Waals surface area (Å²) >= 11 is 1.61. The van der Waals surface area contributed by atoms with Gasteiger partial charge in [0.15, 0.2) is 5.78 Å². The minimum Gasteiger partial charge on any atom is -0.325 e. The van der Waals surface area contributed by atoms with Crippen LogP contribution < -0.4 is 5.32 Å². The number of carbonyl (C=O) groups excluding carboxylic acids is 2. The van der Waals surface area contributed by atoms with Crippen LogP contribution in [0, 0.1) is 0 Å². The Labute approximate surface area is 140 Å². The summed E-state index contributed by atoms with van der Waals surface area (Å²) in [6, 6.07) is 7.23. The van der Waals surface area contributed by atoms with Crippen LogP contribution >= 0.6 is 11.3 Å². The molecule has 0 aliphatic heterocycles. The van der Waals surface area contributed by atoms with E-state index in [1.165, 1.54) is 6.92 Å². The fourth-order valence-corrected chi connectivity index (χ4v) is 2.97. The molecule has 0 spiro atoms. The largest absolute Gasteiger partial charge is 0.325 e. The van der Waals surface area contributed by atoms with E-state index in [-0.39, 0.29) is 17.7 Å². The Hall–Kier alpha value is -2.05. The lowest BCUT2D eigenvalue weighted by Crippen LogP contribution is -2.27. The Balaban J connectivity index is 1.89. The molecule has 5 nitrogen and oxygen atoms in total. The van der Waals surface area contributed by atoms with E-state index in [4.69, 9.17) is 0 Å². The number of benzene rings is 1. The van der Waals surface area contributed by atoms with Crippen molar-refractivity contribution in [2.24, 2.45) is 0 Å². The van der Waals surface area contributed by atoms with Gasteiger partial charge in [-0.1, -0.05) is 12.1 Å². The molecule has 1 amide bonds. The van der Waals surface area contributed by atoms with Gasteiger partial charge < -0.3 is 5.32 Å². The lowest BCUT2D eigenvalue weighted by atomic mass is 10.1. The van der Waals surface area contributed by atoms with Gasteiger partial charge in [-0.3, -0.25) is 14.5 Å². The molecular weight excluding hydrogens is 310 g/mol. The molecule has 0 saturated carbocycles. The Bertz CT molecular complexity index is 670. The number of ketones is 1. The number of nitrogens with zero attached hydrogens (tertiary/aromatic N) is 2. The molecule has 1 atom stereocenters. The summed E-state index contributed by atoms with van der Waals surface area (Å²) in [5, 5.41) is 5.81. The first-order valence-corrected chi connectivity index (χ1v) is 8.36. The molecule has 2 rings (SSSR count). The van der Waals surface area contributed by atoms with Crippen LogP contribution in [-0.4, -0.2) is 35.2 Å². The molecule has 1 aromatic carbocycles. The van der Waals surface area contributed by atoms with Crippen LogP contribution in [0.15, 0.2) is 35.8 Å². The molecule has 0 aliphatic rings. The molecule has 0 saturated heterocycles. The number of amides is 1. The first-order chi connectivity index (χ1) is 11.0. The maximum Gasteiger partial charge on any atom is 0.225 e. The first kappa shape index (κ1) is 17.3. The van der Waals surface area contributed by atoms with Gasteiger partial charge in [0.1, 0.15) is 5.01 Å². The summed E-state index contributed by atoms with van der Waals surface area (Å²) in [4.78, 5) is 30.1. The fourth-order valence-electron chi connectivity index (χ4n) is 2.21. The smallest absolute Gasteiger partial charge is 0.225 e. The minimum absolute atomic E-state index is 0.0598. The summed E-state index contributed by atoms with van der Waals surface area (Å²) in [6.07, 6.45) is 2.15. The van der Waals surface area contributed by atoms with Gasteiger partial charge in [0.2, 0.25) is 5.91 Å². The highest BCUT2D eigenvalue weighted by molar-refractivity contribution is 7.09. The number of rotatable bonds is 7. The van der Waals surface area contributed by atoms with E-state index >= 15 is 0 Å². The van der Waals surface area contributed by atoms with Gasteiger partial charge in [-0.2, -0.15) is 0 Å². The van der Waals surface area contributed by atoms with Gasteiger partial charge in [-0.05, 0) is 33.0 Å². The quantitative estimate of drug-likeness (QED) is 0.790. The Kier molecular flexibility index (Phi) is 6.01. The zero-order valence-corrected chi connectivity index (χ0v) is 14.4. The van der Waals surface area contributed by atoms with Gasteiger partial charge in [-0.25, -0.2) is 4.98 Å². The van der Waals surface area contributed by atoms with Gasteiger partial charge in [0.05, 0.1) is 11.7 Å². The summed E-state index contributed by atoms with van der Waals surface area (Å²) in [5.74, 6) is -0.160. The fraction of sp³-hybridized carbons (Fsp3) is 0.353. The average molecular weight is 331 g/mol. The molecule has 1 N–H and O–H groups in total. The number of nitrogens with one attached hydrogen (secondary N) is 1. The highest BCUT2D eigenvalue weighted by atomic mass is 32.1. The first-order valence-electron chi connectivity index (χ1n) is 7.48. The normalized spacial score (nSPS) is 12.2. The number of aromatic nitrogens is 1. The minimum atomic E-state index is -0.100. The molecule has 1 aromatic heterocycles. The summed E-state index contributed by atoms with van der Waals surface area (Å²) in [6.45, 7) is 4.19. The summed E-state index contributed by atoms with van der Waals surface area (Å²) < 4.78 is 0. The van der Waals surface area contributed by atoms with E-state index in [2.05, 4.69) is 22.1 Å². The van der Waals surface area contributed by atoms with Crippen molar-refractivity contribution >= 4 is 28.7 Å². The molecule has 122 valence electrons. The van der Waals surface area contributed by atoms with Crippen LogP contribution in [0.1, 0.15) is 41.7 Å². The predicted octanol–water partition coefficient (Wildman–Crippen LogP) is 3.37. The van der Waals surface area contributed by atoms with E-state index in [0.717, 1.165) is 5.01 Å². The second-order valence-corrected chi connectivity index (χ2v) is 6.35. The lowest BCUT2D eigenvalue weighted by molar-refractivity contribution is -0.116. The zero-order chi connectivity index (χ0) is 16.8. The van der Waals surface area contributed by atoms with E-state index < -0.39 is 0 Å². The number of para-hydroxylation sites is 1. The van der Waals surface area contributed by atoms with Crippen LogP contribution in [0.3, 0.4) is 0 Å². The van der Waals surface area contributed by atoms with Gasteiger partial charge in [-0.15, -0.1) is 11.3 Å². The molecule has 0 unspecified atom stereocenters. The molecule has 0 aliphatic carbocycles. The highest BCUT2D eigenvalue weighted by Gasteiger charge is 2.15. The summed E-state index contributed by atoms with van der Waals surface area (Å²) in [5.41, 5.74) is 1.10. The van der Waals surface area contributed by atoms with Crippen LogP contribution in [0.5, 0.6) is 0 Å².